The zero-order valence-corrected chi connectivity index (χ0v) is 9.46. The number of rotatable bonds is 3. The van der Waals surface area contributed by atoms with Crippen LogP contribution >= 0.6 is 0 Å². The van der Waals surface area contributed by atoms with Crippen LogP contribution in [0.2, 0.25) is 0 Å². The molecule has 1 radical (unpaired) electrons. The van der Waals surface area contributed by atoms with Gasteiger partial charge in [0.25, 0.3) is 0 Å². The van der Waals surface area contributed by atoms with Crippen molar-refractivity contribution in [2.75, 3.05) is 7.11 Å². The van der Waals surface area contributed by atoms with Gasteiger partial charge in [0.1, 0.15) is 0 Å². The number of hydrogen-bond acceptors (Lipinski definition) is 3. The van der Waals surface area contributed by atoms with E-state index in [1.165, 1.54) is 32.1 Å². The summed E-state index contributed by atoms with van der Waals surface area (Å²) >= 11 is 0. The molecule has 0 aliphatic heterocycles. The monoisotopic (exact) mass is 207 g/mol. The van der Waals surface area contributed by atoms with Gasteiger partial charge in [0.05, 0.1) is 0 Å². The van der Waals surface area contributed by atoms with E-state index in [2.05, 4.69) is 5.23 Å². The van der Waals surface area contributed by atoms with Gasteiger partial charge in [0.15, 0.2) is 0 Å². The summed E-state index contributed by atoms with van der Waals surface area (Å²) in [6.07, 6.45) is 7.64. The lowest BCUT2D eigenvalue weighted by molar-refractivity contribution is 0.198. The molecule has 3 N–H and O–H groups in total. The van der Waals surface area contributed by atoms with Crippen LogP contribution in [0, 0.1) is 11.8 Å². The van der Waals surface area contributed by atoms with Gasteiger partial charge >= 0.3 is 7.62 Å². The van der Waals surface area contributed by atoms with Crippen LogP contribution in [0.1, 0.15) is 38.5 Å². The molecule has 4 aliphatic carbocycles. The average Bonchev–Trinajstić information content (AvgIpc) is 2.53. The van der Waals surface area contributed by atoms with E-state index in [0.717, 1.165) is 18.3 Å². The van der Waals surface area contributed by atoms with Gasteiger partial charge in [-0.05, 0) is 43.9 Å². The maximum Gasteiger partial charge on any atom is 0.396 e. The third-order valence-electron chi connectivity index (χ3n) is 5.07. The van der Waals surface area contributed by atoms with Gasteiger partial charge in [0.2, 0.25) is 0 Å². The van der Waals surface area contributed by atoms with Gasteiger partial charge in [-0.25, -0.2) is 0 Å². The highest BCUT2D eigenvalue weighted by Crippen LogP contribution is 2.60. The molecule has 0 aromatic carbocycles. The van der Waals surface area contributed by atoms with Crippen molar-refractivity contribution in [3.8, 4) is 0 Å². The van der Waals surface area contributed by atoms with Crippen LogP contribution in [0.25, 0.3) is 0 Å². The smallest absolute Gasteiger partial charge is 0.396 e. The second-order valence-corrected chi connectivity index (χ2v) is 5.79. The molecular formula is C11H20BN2O. The summed E-state index contributed by atoms with van der Waals surface area (Å²) in [7, 11) is 3.46. The molecule has 0 spiro atoms. The highest BCUT2D eigenvalue weighted by molar-refractivity contribution is 6.23. The van der Waals surface area contributed by atoms with Crippen molar-refractivity contribution in [3.63, 3.8) is 0 Å². The fourth-order valence-corrected chi connectivity index (χ4v) is 4.44. The summed E-state index contributed by atoms with van der Waals surface area (Å²) in [6.45, 7) is 0. The van der Waals surface area contributed by atoms with Gasteiger partial charge in [0, 0.05) is 18.2 Å². The van der Waals surface area contributed by atoms with Crippen LogP contribution in [-0.4, -0.2) is 25.8 Å². The number of nitrogens with one attached hydrogen (secondary N) is 1. The predicted molar refractivity (Wildman–Crippen MR) is 60.2 cm³/mol. The third kappa shape index (κ3) is 1.31. The molecule has 4 bridgehead atoms. The zero-order chi connectivity index (χ0) is 10.5. The molecule has 3 nitrogen and oxygen atoms in total. The molecule has 0 aromatic rings. The Kier molecular flexibility index (Phi) is 2.17. The van der Waals surface area contributed by atoms with Crippen LogP contribution in [0.4, 0.5) is 0 Å². The fourth-order valence-electron chi connectivity index (χ4n) is 4.44. The first-order valence-electron chi connectivity index (χ1n) is 6.10. The van der Waals surface area contributed by atoms with Crippen molar-refractivity contribution < 1.29 is 4.65 Å². The first-order valence-corrected chi connectivity index (χ1v) is 6.10. The van der Waals surface area contributed by atoms with Crippen molar-refractivity contribution in [2.45, 2.75) is 49.6 Å². The van der Waals surface area contributed by atoms with Crippen molar-refractivity contribution in [3.05, 3.63) is 0 Å². The van der Waals surface area contributed by atoms with Crippen molar-refractivity contribution in [2.24, 2.45) is 17.6 Å². The van der Waals surface area contributed by atoms with E-state index >= 15 is 0 Å². The van der Waals surface area contributed by atoms with E-state index in [9.17, 15) is 0 Å². The molecule has 4 fully saturated rings. The standard InChI is InChI=1S/C11H20BN2O/c1-15-12-14-11-4-2-3-8-5-9(11)6-10(8,13)7-11/h8-9,14H,2-7,13H2,1H3. The highest BCUT2D eigenvalue weighted by atomic mass is 16.4. The van der Waals surface area contributed by atoms with Crippen molar-refractivity contribution in [1.29, 1.82) is 0 Å². The molecule has 83 valence electrons. The molecule has 4 saturated carbocycles. The minimum Gasteiger partial charge on any atom is -0.427 e. The van der Waals surface area contributed by atoms with Crippen LogP contribution in [0.3, 0.4) is 0 Å². The second kappa shape index (κ2) is 3.22. The van der Waals surface area contributed by atoms with Crippen LogP contribution in [0.5, 0.6) is 0 Å². The summed E-state index contributed by atoms with van der Waals surface area (Å²) in [6, 6.07) is 0. The van der Waals surface area contributed by atoms with Crippen LogP contribution < -0.4 is 11.0 Å². The quantitative estimate of drug-likeness (QED) is 0.673. The van der Waals surface area contributed by atoms with E-state index in [1.807, 2.05) is 0 Å². The number of nitrogens with two attached hydrogens (primary N) is 1. The fraction of sp³-hybridized carbons (Fsp3) is 1.00. The van der Waals surface area contributed by atoms with E-state index in [0.29, 0.717) is 0 Å². The maximum absolute atomic E-state index is 6.55. The Bertz CT molecular complexity index is 275. The average molecular weight is 207 g/mol. The highest BCUT2D eigenvalue weighted by Gasteiger charge is 2.62. The van der Waals surface area contributed by atoms with Gasteiger partial charge in [-0.1, -0.05) is 6.42 Å². The SMILES string of the molecule is CO[B]NC12CCCC3CC1CC3(N)C2. The molecule has 0 amide bonds. The van der Waals surface area contributed by atoms with Gasteiger partial charge in [-0.15, -0.1) is 0 Å². The predicted octanol–water partition coefficient (Wildman–Crippen LogP) is 0.807. The molecule has 4 atom stereocenters. The normalized spacial score (nSPS) is 52.1. The lowest BCUT2D eigenvalue weighted by atomic mass is 9.74. The topological polar surface area (TPSA) is 47.3 Å². The lowest BCUT2D eigenvalue weighted by Gasteiger charge is -2.40. The van der Waals surface area contributed by atoms with E-state index < -0.39 is 0 Å². The summed E-state index contributed by atoms with van der Waals surface area (Å²) < 4.78 is 5.05. The minimum absolute atomic E-state index is 0.135. The molecule has 0 aromatic heterocycles. The zero-order valence-electron chi connectivity index (χ0n) is 9.46. The minimum atomic E-state index is 0.135. The molecular weight excluding hydrogens is 187 g/mol. The largest absolute Gasteiger partial charge is 0.427 e. The molecule has 0 heterocycles. The molecule has 4 unspecified atom stereocenters. The number of fused-ring (bicyclic) bond motifs is 2. The lowest BCUT2D eigenvalue weighted by Crippen LogP contribution is -2.55. The van der Waals surface area contributed by atoms with Crippen molar-refractivity contribution in [1.82, 2.24) is 5.23 Å². The molecule has 15 heavy (non-hydrogen) atoms. The Hall–Kier alpha value is -0.0551. The summed E-state index contributed by atoms with van der Waals surface area (Å²) in [5.41, 5.74) is 6.94. The molecule has 4 heteroatoms. The Labute approximate surface area is 92.4 Å². The van der Waals surface area contributed by atoms with Crippen molar-refractivity contribution >= 4 is 7.62 Å². The summed E-state index contributed by atoms with van der Waals surface area (Å²) in [4.78, 5) is 0. The second-order valence-electron chi connectivity index (χ2n) is 5.79. The van der Waals surface area contributed by atoms with E-state index in [4.69, 9.17) is 10.4 Å². The van der Waals surface area contributed by atoms with E-state index in [-0.39, 0.29) is 11.1 Å². The van der Waals surface area contributed by atoms with Gasteiger partial charge in [-0.3, -0.25) is 0 Å². The maximum atomic E-state index is 6.55. The van der Waals surface area contributed by atoms with Gasteiger partial charge in [-0.2, -0.15) is 0 Å². The van der Waals surface area contributed by atoms with Gasteiger partial charge < -0.3 is 15.6 Å². The number of hydrogen-bond donors (Lipinski definition) is 2. The third-order valence-corrected chi connectivity index (χ3v) is 5.07. The molecule has 4 rings (SSSR count). The first kappa shape index (κ1) is 10.1. The Balaban J connectivity index is 1.85. The first-order chi connectivity index (χ1) is 7.19. The summed E-state index contributed by atoms with van der Waals surface area (Å²) in [5.74, 6) is 1.57. The Morgan fingerprint density at radius 2 is 2.33 bits per heavy atom. The van der Waals surface area contributed by atoms with Crippen LogP contribution in [0.15, 0.2) is 0 Å². The Morgan fingerprint density at radius 3 is 3.00 bits per heavy atom. The summed E-state index contributed by atoms with van der Waals surface area (Å²) in [5, 5.41) is 3.50. The Morgan fingerprint density at radius 1 is 1.47 bits per heavy atom. The molecule has 0 saturated heterocycles. The van der Waals surface area contributed by atoms with E-state index in [1.54, 1.807) is 14.7 Å². The van der Waals surface area contributed by atoms with Crippen LogP contribution in [-0.2, 0) is 4.65 Å². The molecule has 4 aliphatic rings.